The number of pyridine rings is 1. The molecule has 0 aliphatic rings. The fraction of sp³-hybridized carbons (Fsp3) is 0.267. The summed E-state index contributed by atoms with van der Waals surface area (Å²) in [7, 11) is 4.41. The molecule has 0 bridgehead atoms. The molecule has 40 heavy (non-hydrogen) atoms. The lowest BCUT2D eigenvalue weighted by Gasteiger charge is -2.17. The SMILES string of the molecule is COC(=O)c1cc(=O)c2cc(-c3cc(OCCN[C@H](C)c4cccc(OC)c4)cc(C(F)(F)F)c3)ccc2n1C. The van der Waals surface area contributed by atoms with Crippen LogP contribution in [0.4, 0.5) is 13.2 Å². The highest BCUT2D eigenvalue weighted by atomic mass is 19.4. The molecule has 0 aliphatic heterocycles. The largest absolute Gasteiger partial charge is 0.497 e. The number of nitrogens with one attached hydrogen (secondary N) is 1. The fourth-order valence-corrected chi connectivity index (χ4v) is 4.42. The van der Waals surface area contributed by atoms with Gasteiger partial charge in [0.15, 0.2) is 5.43 Å². The van der Waals surface area contributed by atoms with Gasteiger partial charge < -0.3 is 24.1 Å². The van der Waals surface area contributed by atoms with Gasteiger partial charge in [0.05, 0.1) is 25.3 Å². The average molecular weight is 555 g/mol. The van der Waals surface area contributed by atoms with Crippen LogP contribution in [0.15, 0.2) is 71.5 Å². The van der Waals surface area contributed by atoms with Crippen LogP contribution in [0.5, 0.6) is 11.5 Å². The summed E-state index contributed by atoms with van der Waals surface area (Å²) in [6.45, 7) is 2.48. The van der Waals surface area contributed by atoms with Crippen LogP contribution >= 0.6 is 0 Å². The Bertz CT molecular complexity index is 1600. The van der Waals surface area contributed by atoms with E-state index in [1.54, 1.807) is 26.3 Å². The molecule has 1 aromatic heterocycles. The predicted octanol–water partition coefficient (Wildman–Crippen LogP) is 5.75. The molecular formula is C30H29F3N2O5. The Kier molecular flexibility index (Phi) is 8.49. The normalized spacial score (nSPS) is 12.3. The van der Waals surface area contributed by atoms with Crippen molar-refractivity contribution in [2.75, 3.05) is 27.4 Å². The molecule has 1 heterocycles. The number of aryl methyl sites for hydroxylation is 1. The summed E-state index contributed by atoms with van der Waals surface area (Å²) in [5, 5.41) is 3.54. The van der Waals surface area contributed by atoms with Crippen molar-refractivity contribution in [2.24, 2.45) is 7.05 Å². The minimum absolute atomic E-state index is 0.0318. The maximum atomic E-state index is 13.8. The third-order valence-corrected chi connectivity index (χ3v) is 6.63. The van der Waals surface area contributed by atoms with Gasteiger partial charge in [0.1, 0.15) is 23.8 Å². The van der Waals surface area contributed by atoms with Gasteiger partial charge in [-0.3, -0.25) is 4.79 Å². The highest BCUT2D eigenvalue weighted by Gasteiger charge is 2.31. The minimum atomic E-state index is -4.60. The second-order valence-corrected chi connectivity index (χ2v) is 9.22. The Morgan fingerprint density at radius 1 is 0.975 bits per heavy atom. The van der Waals surface area contributed by atoms with E-state index in [0.29, 0.717) is 17.6 Å². The molecule has 0 spiro atoms. The van der Waals surface area contributed by atoms with Gasteiger partial charge in [-0.1, -0.05) is 18.2 Å². The highest BCUT2D eigenvalue weighted by molar-refractivity contribution is 5.93. The first-order valence-electron chi connectivity index (χ1n) is 12.5. The van der Waals surface area contributed by atoms with Gasteiger partial charge in [0, 0.05) is 31.1 Å². The van der Waals surface area contributed by atoms with E-state index in [1.807, 2.05) is 31.2 Å². The molecule has 0 saturated heterocycles. The van der Waals surface area contributed by atoms with Gasteiger partial charge in [-0.05, 0) is 66.1 Å². The van der Waals surface area contributed by atoms with Gasteiger partial charge in [0.25, 0.3) is 0 Å². The minimum Gasteiger partial charge on any atom is -0.497 e. The van der Waals surface area contributed by atoms with E-state index in [0.717, 1.165) is 29.5 Å². The van der Waals surface area contributed by atoms with Crippen LogP contribution in [-0.4, -0.2) is 37.9 Å². The number of alkyl halides is 3. The third kappa shape index (κ3) is 6.28. The smallest absolute Gasteiger partial charge is 0.416 e. The number of hydrogen-bond donors (Lipinski definition) is 1. The van der Waals surface area contributed by atoms with Gasteiger partial charge in [-0.25, -0.2) is 4.79 Å². The van der Waals surface area contributed by atoms with Gasteiger partial charge >= 0.3 is 12.1 Å². The summed E-state index contributed by atoms with van der Waals surface area (Å²) in [6, 6.07) is 16.9. The summed E-state index contributed by atoms with van der Waals surface area (Å²) < 4.78 is 58.5. The molecule has 7 nitrogen and oxygen atoms in total. The zero-order valence-corrected chi connectivity index (χ0v) is 22.5. The van der Waals surface area contributed by atoms with Crippen molar-refractivity contribution in [3.8, 4) is 22.6 Å². The second kappa shape index (κ2) is 11.8. The zero-order chi connectivity index (χ0) is 29.0. The lowest BCUT2D eigenvalue weighted by Crippen LogP contribution is -2.24. The molecule has 0 radical (unpaired) electrons. The first-order chi connectivity index (χ1) is 19.0. The van der Waals surface area contributed by atoms with E-state index in [1.165, 1.54) is 23.8 Å². The number of hydrogen-bond acceptors (Lipinski definition) is 6. The molecular weight excluding hydrogens is 525 g/mol. The Hall–Kier alpha value is -4.31. The molecule has 10 heteroatoms. The van der Waals surface area contributed by atoms with E-state index in [9.17, 15) is 22.8 Å². The summed E-state index contributed by atoms with van der Waals surface area (Å²) in [5.41, 5.74) is 0.830. The molecule has 1 N–H and O–H groups in total. The lowest BCUT2D eigenvalue weighted by molar-refractivity contribution is -0.137. The Morgan fingerprint density at radius 3 is 2.45 bits per heavy atom. The van der Waals surface area contributed by atoms with Crippen LogP contribution in [0, 0.1) is 0 Å². The monoisotopic (exact) mass is 554 g/mol. The van der Waals surface area contributed by atoms with Crippen molar-refractivity contribution in [3.63, 3.8) is 0 Å². The maximum absolute atomic E-state index is 13.8. The molecule has 3 aromatic carbocycles. The van der Waals surface area contributed by atoms with Crippen molar-refractivity contribution >= 4 is 16.9 Å². The van der Waals surface area contributed by atoms with Crippen LogP contribution in [0.1, 0.15) is 34.6 Å². The molecule has 210 valence electrons. The lowest BCUT2D eigenvalue weighted by atomic mass is 10.00. The van der Waals surface area contributed by atoms with Crippen LogP contribution in [0.3, 0.4) is 0 Å². The van der Waals surface area contributed by atoms with Crippen LogP contribution in [0.2, 0.25) is 0 Å². The number of methoxy groups -OCH3 is 2. The number of nitrogens with zero attached hydrogens (tertiary/aromatic N) is 1. The molecule has 4 rings (SSSR count). The van der Waals surface area contributed by atoms with E-state index >= 15 is 0 Å². The van der Waals surface area contributed by atoms with Gasteiger partial charge in [-0.15, -0.1) is 0 Å². The number of carbonyl (C=O) groups excluding carboxylic acids is 1. The Balaban J connectivity index is 1.58. The number of ether oxygens (including phenoxy) is 3. The summed E-state index contributed by atoms with van der Waals surface area (Å²) in [4.78, 5) is 24.8. The van der Waals surface area contributed by atoms with E-state index < -0.39 is 23.1 Å². The number of esters is 1. The highest BCUT2D eigenvalue weighted by Crippen LogP contribution is 2.36. The molecule has 4 aromatic rings. The van der Waals surface area contributed by atoms with E-state index in [4.69, 9.17) is 14.2 Å². The van der Waals surface area contributed by atoms with Crippen molar-refractivity contribution in [1.82, 2.24) is 9.88 Å². The fourth-order valence-electron chi connectivity index (χ4n) is 4.42. The number of aromatic nitrogens is 1. The third-order valence-electron chi connectivity index (χ3n) is 6.63. The average Bonchev–Trinajstić information content (AvgIpc) is 2.95. The molecule has 0 amide bonds. The van der Waals surface area contributed by atoms with Gasteiger partial charge in [0.2, 0.25) is 0 Å². The van der Waals surface area contributed by atoms with Crippen molar-refractivity contribution in [2.45, 2.75) is 19.1 Å². The molecule has 1 atom stereocenters. The Labute approximate surface area is 229 Å². The number of carbonyl (C=O) groups is 1. The van der Waals surface area contributed by atoms with E-state index in [-0.39, 0.29) is 35.0 Å². The van der Waals surface area contributed by atoms with Crippen molar-refractivity contribution < 1.29 is 32.2 Å². The number of rotatable bonds is 9. The van der Waals surface area contributed by atoms with Crippen LogP contribution < -0.4 is 20.2 Å². The van der Waals surface area contributed by atoms with E-state index in [2.05, 4.69) is 5.32 Å². The quantitative estimate of drug-likeness (QED) is 0.210. The Morgan fingerprint density at radius 2 is 1.75 bits per heavy atom. The number of halogens is 3. The van der Waals surface area contributed by atoms with Crippen molar-refractivity contribution in [3.05, 3.63) is 93.8 Å². The summed E-state index contributed by atoms with van der Waals surface area (Å²) in [6.07, 6.45) is -4.60. The van der Waals surface area contributed by atoms with Crippen LogP contribution in [0.25, 0.3) is 22.0 Å². The van der Waals surface area contributed by atoms with Gasteiger partial charge in [-0.2, -0.15) is 13.2 Å². The second-order valence-electron chi connectivity index (χ2n) is 9.22. The molecule has 0 saturated carbocycles. The first kappa shape index (κ1) is 28.7. The number of fused-ring (bicyclic) bond motifs is 1. The predicted molar refractivity (Wildman–Crippen MR) is 146 cm³/mol. The summed E-state index contributed by atoms with van der Waals surface area (Å²) in [5.74, 6) is 0.113. The first-order valence-corrected chi connectivity index (χ1v) is 12.5. The van der Waals surface area contributed by atoms with Crippen LogP contribution in [-0.2, 0) is 18.0 Å². The molecule has 0 aliphatic carbocycles. The standard InChI is InChI=1S/C30H29F3N2O5/c1-18(19-6-5-7-23(13-19)38-3)34-10-11-40-24-14-21(12-22(16-24)30(31,32)33)20-8-9-26-25(15-20)28(36)17-27(35(26)2)29(37)39-4/h5-9,12-18,34H,10-11H2,1-4H3/t18-/m1/s1. The number of benzene rings is 3. The zero-order valence-electron chi connectivity index (χ0n) is 22.5. The molecule has 0 fully saturated rings. The topological polar surface area (TPSA) is 78.8 Å². The summed E-state index contributed by atoms with van der Waals surface area (Å²) >= 11 is 0. The molecule has 0 unspecified atom stereocenters. The maximum Gasteiger partial charge on any atom is 0.416 e. The van der Waals surface area contributed by atoms with Crippen molar-refractivity contribution in [1.29, 1.82) is 0 Å².